The number of hydrogen-bond donors (Lipinski definition) is 2. The number of nitrogens with zero attached hydrogens (tertiary/aromatic N) is 3. The van der Waals surface area contributed by atoms with E-state index in [1.54, 1.807) is 23.3 Å². The van der Waals surface area contributed by atoms with Gasteiger partial charge in [-0.25, -0.2) is 9.98 Å². The molecule has 3 heterocycles. The molecule has 1 unspecified atom stereocenters. The average molecular weight is 250 g/mol. The monoisotopic (exact) mass is 249 g/mol. The van der Waals surface area contributed by atoms with Crippen molar-refractivity contribution in [3.63, 3.8) is 0 Å². The van der Waals surface area contributed by atoms with Crippen molar-refractivity contribution in [2.24, 2.45) is 4.99 Å². The summed E-state index contributed by atoms with van der Waals surface area (Å²) in [7, 11) is 0. The fourth-order valence-corrected chi connectivity index (χ4v) is 1.85. The molecule has 17 heavy (non-hydrogen) atoms. The fourth-order valence-electron chi connectivity index (χ4n) is 1.64. The van der Waals surface area contributed by atoms with Gasteiger partial charge in [0.1, 0.15) is 11.2 Å². The van der Waals surface area contributed by atoms with E-state index in [0.29, 0.717) is 16.7 Å². The third kappa shape index (κ3) is 1.72. The quantitative estimate of drug-likeness (QED) is 0.499. The molecule has 0 spiro atoms. The Morgan fingerprint density at radius 1 is 1.35 bits per heavy atom. The van der Waals surface area contributed by atoms with Gasteiger partial charge in [0.05, 0.1) is 6.33 Å². The molecule has 0 amide bonds. The molecular weight excluding hydrogens is 242 g/mol. The Morgan fingerprint density at radius 2 is 2.12 bits per heavy atom. The summed E-state index contributed by atoms with van der Waals surface area (Å²) in [6, 6.07) is 2.94. The largest absolute Gasteiger partial charge is 0.335 e. The second-order valence-corrected chi connectivity index (χ2v) is 3.91. The van der Waals surface area contributed by atoms with Crippen molar-refractivity contribution in [1.82, 2.24) is 19.9 Å². The van der Waals surface area contributed by atoms with Crippen LogP contribution >= 0.6 is 11.6 Å². The van der Waals surface area contributed by atoms with Crippen LogP contribution in [0.25, 0.3) is 5.82 Å². The number of alkyl halides is 1. The Labute approximate surface area is 100 Å². The molecule has 86 valence electrons. The van der Waals surface area contributed by atoms with Crippen LogP contribution in [0.3, 0.4) is 0 Å². The van der Waals surface area contributed by atoms with Gasteiger partial charge in [-0.05, 0) is 0 Å². The lowest BCUT2D eigenvalue weighted by Gasteiger charge is -2.17. The first kappa shape index (κ1) is 10.1. The summed E-state index contributed by atoms with van der Waals surface area (Å²) in [5.41, 5.74) is 0.0156. The predicted molar refractivity (Wildman–Crippen MR) is 61.7 cm³/mol. The van der Waals surface area contributed by atoms with Gasteiger partial charge in [-0.1, -0.05) is 11.6 Å². The van der Waals surface area contributed by atoms with Gasteiger partial charge in [0, 0.05) is 24.5 Å². The highest BCUT2D eigenvalue weighted by atomic mass is 35.5. The molecule has 0 aliphatic carbocycles. The van der Waals surface area contributed by atoms with Crippen molar-refractivity contribution in [3.05, 3.63) is 51.9 Å². The molecule has 0 saturated carbocycles. The second-order valence-electron chi connectivity index (χ2n) is 3.50. The zero-order valence-corrected chi connectivity index (χ0v) is 9.35. The molecule has 1 aliphatic rings. The Hall–Kier alpha value is -2.08. The van der Waals surface area contributed by atoms with E-state index in [4.69, 9.17) is 11.6 Å². The van der Waals surface area contributed by atoms with Crippen LogP contribution in [0.5, 0.6) is 0 Å². The van der Waals surface area contributed by atoms with E-state index in [2.05, 4.69) is 20.3 Å². The number of rotatable bonds is 1. The molecule has 0 fully saturated rings. The maximum absolute atomic E-state index is 11.1. The SMILES string of the molecule is O=c1ccn(C2=c3nc[nH]c3=NC(Cl)N2)cc1. The van der Waals surface area contributed by atoms with E-state index in [9.17, 15) is 4.79 Å². The minimum atomic E-state index is -0.558. The van der Waals surface area contributed by atoms with E-state index < -0.39 is 5.62 Å². The number of pyridine rings is 1. The number of aromatic nitrogens is 3. The van der Waals surface area contributed by atoms with Crippen LogP contribution in [-0.2, 0) is 0 Å². The van der Waals surface area contributed by atoms with E-state index in [-0.39, 0.29) is 5.43 Å². The van der Waals surface area contributed by atoms with Crippen molar-refractivity contribution < 1.29 is 0 Å². The van der Waals surface area contributed by atoms with Gasteiger partial charge in [0.25, 0.3) is 0 Å². The maximum atomic E-state index is 11.1. The van der Waals surface area contributed by atoms with Crippen LogP contribution in [0.2, 0.25) is 0 Å². The van der Waals surface area contributed by atoms with Crippen molar-refractivity contribution in [2.45, 2.75) is 5.62 Å². The minimum absolute atomic E-state index is 0.0491. The van der Waals surface area contributed by atoms with E-state index in [1.165, 1.54) is 12.1 Å². The minimum Gasteiger partial charge on any atom is -0.335 e. The van der Waals surface area contributed by atoms with Crippen molar-refractivity contribution in [2.75, 3.05) is 0 Å². The molecule has 2 aromatic rings. The van der Waals surface area contributed by atoms with E-state index in [0.717, 1.165) is 0 Å². The molecule has 6 nitrogen and oxygen atoms in total. The first-order chi connectivity index (χ1) is 8.24. The smallest absolute Gasteiger partial charge is 0.198 e. The second kappa shape index (κ2) is 3.74. The number of fused-ring (bicyclic) bond motifs is 1. The zero-order valence-electron chi connectivity index (χ0n) is 8.59. The van der Waals surface area contributed by atoms with Gasteiger partial charge < -0.3 is 14.9 Å². The predicted octanol–water partition coefficient (Wildman–Crippen LogP) is -1.07. The summed E-state index contributed by atoms with van der Waals surface area (Å²) in [6.07, 6.45) is 4.85. The highest BCUT2D eigenvalue weighted by molar-refractivity contribution is 6.20. The summed E-state index contributed by atoms with van der Waals surface area (Å²) in [6.45, 7) is 0. The van der Waals surface area contributed by atoms with Gasteiger partial charge in [-0.2, -0.15) is 0 Å². The number of imidazole rings is 1. The Kier molecular flexibility index (Phi) is 2.22. The van der Waals surface area contributed by atoms with Crippen LogP contribution in [0.15, 0.2) is 40.6 Å². The number of hydrogen-bond acceptors (Lipinski definition) is 4. The van der Waals surface area contributed by atoms with Crippen molar-refractivity contribution >= 4 is 17.4 Å². The fraction of sp³-hybridized carbons (Fsp3) is 0.100. The number of H-pyrrole nitrogens is 1. The highest BCUT2D eigenvalue weighted by Gasteiger charge is 2.13. The number of aromatic amines is 1. The van der Waals surface area contributed by atoms with Gasteiger partial charge in [0.15, 0.2) is 16.5 Å². The molecule has 0 aromatic carbocycles. The van der Waals surface area contributed by atoms with Crippen molar-refractivity contribution in [3.8, 4) is 0 Å². The standard InChI is InChI=1S/C10H8ClN5O/c11-10-14-8-7(12-5-13-8)9(15-10)16-3-1-6(17)2-4-16/h1-5,10,15H,(H,12,13,14). The molecule has 0 bridgehead atoms. The molecule has 7 heteroatoms. The van der Waals surface area contributed by atoms with Gasteiger partial charge in [-0.15, -0.1) is 0 Å². The first-order valence-corrected chi connectivity index (χ1v) is 5.38. The molecule has 2 aromatic heterocycles. The summed E-state index contributed by atoms with van der Waals surface area (Å²) >= 11 is 5.96. The molecule has 1 atom stereocenters. The van der Waals surface area contributed by atoms with Crippen LogP contribution in [-0.4, -0.2) is 20.2 Å². The van der Waals surface area contributed by atoms with Gasteiger partial charge in [0.2, 0.25) is 0 Å². The molecule has 0 saturated heterocycles. The molecule has 2 N–H and O–H groups in total. The van der Waals surface area contributed by atoms with E-state index >= 15 is 0 Å². The molecule has 0 radical (unpaired) electrons. The number of nitrogens with one attached hydrogen (secondary N) is 2. The molecule has 1 aliphatic heterocycles. The van der Waals surface area contributed by atoms with Crippen LogP contribution < -0.4 is 21.6 Å². The summed E-state index contributed by atoms with van der Waals surface area (Å²) < 4.78 is 1.74. The topological polar surface area (TPSA) is 75.1 Å². The lowest BCUT2D eigenvalue weighted by molar-refractivity contribution is 0.721. The summed E-state index contributed by atoms with van der Waals surface area (Å²) in [4.78, 5) is 22.3. The lowest BCUT2D eigenvalue weighted by Crippen LogP contribution is -2.43. The Balaban J connectivity index is 2.28. The van der Waals surface area contributed by atoms with Gasteiger partial charge >= 0.3 is 0 Å². The van der Waals surface area contributed by atoms with Crippen molar-refractivity contribution in [1.29, 1.82) is 0 Å². The highest BCUT2D eigenvalue weighted by Crippen LogP contribution is 2.01. The van der Waals surface area contributed by atoms with Crippen LogP contribution in [0.1, 0.15) is 0 Å². The molecule has 3 rings (SSSR count). The third-order valence-electron chi connectivity index (χ3n) is 2.40. The van der Waals surface area contributed by atoms with E-state index in [1.807, 2.05) is 0 Å². The molecular formula is C10H8ClN5O. The Bertz CT molecular complexity index is 711. The third-order valence-corrected chi connectivity index (χ3v) is 2.61. The normalized spacial score (nSPS) is 18.2. The zero-order chi connectivity index (χ0) is 11.8. The number of halogens is 1. The average Bonchev–Trinajstić information content (AvgIpc) is 2.77. The maximum Gasteiger partial charge on any atom is 0.198 e. The summed E-state index contributed by atoms with van der Waals surface area (Å²) in [5, 5.41) is 3.66. The Morgan fingerprint density at radius 3 is 2.88 bits per heavy atom. The summed E-state index contributed by atoms with van der Waals surface area (Å²) in [5.74, 6) is 0.691. The van der Waals surface area contributed by atoms with Crippen LogP contribution in [0.4, 0.5) is 0 Å². The lowest BCUT2D eigenvalue weighted by atomic mass is 10.4. The first-order valence-electron chi connectivity index (χ1n) is 4.95. The van der Waals surface area contributed by atoms with Crippen LogP contribution in [0, 0.1) is 0 Å². The van der Waals surface area contributed by atoms with Gasteiger partial charge in [-0.3, -0.25) is 4.79 Å².